The van der Waals surface area contributed by atoms with Crippen molar-refractivity contribution in [2.75, 3.05) is 45.2 Å². The average Bonchev–Trinajstić information content (AvgIpc) is 3.53. The lowest BCUT2D eigenvalue weighted by atomic mass is 9.68. The molecule has 2 saturated heterocycles. The van der Waals surface area contributed by atoms with E-state index in [1.807, 2.05) is 23.1 Å². The first-order valence-corrected chi connectivity index (χ1v) is 13.6. The van der Waals surface area contributed by atoms with Crippen LogP contribution in [0, 0.1) is 6.92 Å². The van der Waals surface area contributed by atoms with Crippen LogP contribution in [0.4, 0.5) is 23.7 Å². The second-order valence-electron chi connectivity index (χ2n) is 11.4. The second-order valence-corrected chi connectivity index (χ2v) is 11.4. The predicted molar refractivity (Wildman–Crippen MR) is 142 cm³/mol. The third kappa shape index (κ3) is 4.88. The Morgan fingerprint density at radius 1 is 1.05 bits per heavy atom. The molecule has 10 heteroatoms. The van der Waals surface area contributed by atoms with Gasteiger partial charge in [-0.1, -0.05) is 30.3 Å². The average molecular weight is 544 g/mol. The van der Waals surface area contributed by atoms with Gasteiger partial charge in [-0.15, -0.1) is 0 Å². The molecule has 39 heavy (non-hydrogen) atoms. The van der Waals surface area contributed by atoms with E-state index in [1.165, 1.54) is 10.5 Å². The topological polar surface area (TPSA) is 60.0 Å². The molecule has 2 aromatic rings. The highest BCUT2D eigenvalue weighted by molar-refractivity contribution is 5.98. The number of carbonyl (C=O) groups excluding carboxylic acids is 2. The van der Waals surface area contributed by atoms with Gasteiger partial charge in [0.25, 0.3) is 0 Å². The quantitative estimate of drug-likeness (QED) is 0.530. The van der Waals surface area contributed by atoms with E-state index in [0.29, 0.717) is 43.7 Å². The van der Waals surface area contributed by atoms with Crippen LogP contribution >= 0.6 is 0 Å². The minimum atomic E-state index is -4.57. The Hall–Kier alpha value is -3.14. The van der Waals surface area contributed by atoms with Crippen molar-refractivity contribution in [1.82, 2.24) is 19.7 Å². The lowest BCUT2D eigenvalue weighted by Crippen LogP contribution is -2.57. The van der Waals surface area contributed by atoms with Gasteiger partial charge in [-0.05, 0) is 76.7 Å². The molecule has 5 rings (SSSR count). The number of hydrogen-bond acceptors (Lipinski definition) is 4. The molecule has 0 N–H and O–H groups in total. The van der Waals surface area contributed by atoms with Crippen molar-refractivity contribution in [1.29, 1.82) is 0 Å². The highest BCUT2D eigenvalue weighted by Gasteiger charge is 2.55. The minimum Gasteiger partial charge on any atom is -0.341 e. The van der Waals surface area contributed by atoms with Gasteiger partial charge >= 0.3 is 12.2 Å². The van der Waals surface area contributed by atoms with E-state index < -0.39 is 17.4 Å². The van der Waals surface area contributed by atoms with Gasteiger partial charge < -0.3 is 9.80 Å². The Morgan fingerprint density at radius 3 is 2.26 bits per heavy atom. The normalized spacial score (nSPS) is 25.8. The van der Waals surface area contributed by atoms with E-state index in [-0.39, 0.29) is 24.0 Å². The van der Waals surface area contributed by atoms with Crippen molar-refractivity contribution >= 4 is 17.6 Å². The van der Waals surface area contributed by atoms with E-state index >= 15 is 0 Å². The number of amides is 3. The van der Waals surface area contributed by atoms with Gasteiger partial charge in [0, 0.05) is 18.6 Å². The molecule has 0 bridgehead atoms. The van der Waals surface area contributed by atoms with Gasteiger partial charge in [0.1, 0.15) is 12.2 Å². The fraction of sp³-hybridized carbons (Fsp3) is 0.552. The number of likely N-dealkylation sites (tertiary alicyclic amines) is 1. The van der Waals surface area contributed by atoms with Crippen LogP contribution in [-0.2, 0) is 16.5 Å². The lowest BCUT2D eigenvalue weighted by Gasteiger charge is -2.51. The Balaban J connectivity index is 1.48. The molecule has 1 saturated carbocycles. The Morgan fingerprint density at radius 2 is 1.69 bits per heavy atom. The zero-order valence-electron chi connectivity index (χ0n) is 22.8. The number of aromatic nitrogens is 1. The number of alkyl halides is 3. The summed E-state index contributed by atoms with van der Waals surface area (Å²) in [6, 6.07) is 11.0. The van der Waals surface area contributed by atoms with Crippen LogP contribution in [0.2, 0.25) is 0 Å². The van der Waals surface area contributed by atoms with Crippen LogP contribution in [-0.4, -0.2) is 77.4 Å². The first kappa shape index (κ1) is 27.4. The van der Waals surface area contributed by atoms with Crippen molar-refractivity contribution in [2.24, 2.45) is 0 Å². The molecule has 210 valence electrons. The number of anilines is 1. The van der Waals surface area contributed by atoms with Crippen LogP contribution < -0.4 is 4.90 Å². The first-order chi connectivity index (χ1) is 18.5. The summed E-state index contributed by atoms with van der Waals surface area (Å²) >= 11 is 0. The standard InChI is InChI=1S/C29H36F3N5O2/c1-21-17-24(29(30,31)32)33-18-23(21)36-20-27(37(26(36)39)19-25(38)35-15-7-8-16-35)11-13-28(14-12-27,34(2)3)22-9-5-4-6-10-22/h4-6,9-10,17-18H,7-8,11-16,19-20H2,1-3H3. The summed E-state index contributed by atoms with van der Waals surface area (Å²) in [6.45, 7) is 3.24. The van der Waals surface area contributed by atoms with Crippen molar-refractivity contribution in [3.63, 3.8) is 0 Å². The fourth-order valence-electron chi connectivity index (χ4n) is 6.71. The van der Waals surface area contributed by atoms with Crippen molar-refractivity contribution < 1.29 is 22.8 Å². The van der Waals surface area contributed by atoms with E-state index in [9.17, 15) is 22.8 Å². The van der Waals surface area contributed by atoms with Crippen LogP contribution in [0.1, 0.15) is 55.3 Å². The summed E-state index contributed by atoms with van der Waals surface area (Å²) < 4.78 is 39.8. The maximum Gasteiger partial charge on any atom is 0.433 e. The highest BCUT2D eigenvalue weighted by atomic mass is 19.4. The zero-order chi connectivity index (χ0) is 28.0. The van der Waals surface area contributed by atoms with Crippen molar-refractivity contribution in [3.05, 3.63) is 59.4 Å². The molecule has 1 aromatic carbocycles. The maximum atomic E-state index is 13.9. The van der Waals surface area contributed by atoms with Crippen LogP contribution in [0.25, 0.3) is 0 Å². The zero-order valence-corrected chi connectivity index (χ0v) is 22.8. The molecule has 0 radical (unpaired) electrons. The summed E-state index contributed by atoms with van der Waals surface area (Å²) in [5.41, 5.74) is 0.109. The number of rotatable bonds is 5. The maximum absolute atomic E-state index is 13.9. The molecule has 1 spiro atoms. The summed E-state index contributed by atoms with van der Waals surface area (Å²) in [4.78, 5) is 38.1. The fourth-order valence-corrected chi connectivity index (χ4v) is 6.71. The summed E-state index contributed by atoms with van der Waals surface area (Å²) in [5, 5.41) is 0. The molecule has 1 aromatic heterocycles. The van der Waals surface area contributed by atoms with E-state index in [4.69, 9.17) is 0 Å². The molecule has 3 amide bonds. The van der Waals surface area contributed by atoms with Gasteiger partial charge in [0.05, 0.1) is 24.0 Å². The van der Waals surface area contributed by atoms with Crippen molar-refractivity contribution in [2.45, 2.75) is 62.7 Å². The number of halogens is 3. The van der Waals surface area contributed by atoms with Crippen LogP contribution in [0.15, 0.2) is 42.6 Å². The number of pyridine rings is 1. The Bertz CT molecular complexity index is 1220. The predicted octanol–water partition coefficient (Wildman–Crippen LogP) is 5.04. The van der Waals surface area contributed by atoms with E-state index in [2.05, 4.69) is 36.1 Å². The molecule has 0 atom stereocenters. The van der Waals surface area contributed by atoms with E-state index in [1.54, 1.807) is 11.8 Å². The third-order valence-corrected chi connectivity index (χ3v) is 9.08. The second kappa shape index (κ2) is 10.1. The van der Waals surface area contributed by atoms with Gasteiger partial charge in [-0.25, -0.2) is 9.78 Å². The number of nitrogens with zero attached hydrogens (tertiary/aromatic N) is 5. The lowest BCUT2D eigenvalue weighted by molar-refractivity contribution is -0.141. The molecule has 3 aliphatic rings. The highest BCUT2D eigenvalue weighted by Crippen LogP contribution is 2.49. The monoisotopic (exact) mass is 543 g/mol. The van der Waals surface area contributed by atoms with E-state index in [0.717, 1.165) is 37.9 Å². The molecule has 1 aliphatic carbocycles. The number of carbonyl (C=O) groups is 2. The number of benzene rings is 1. The van der Waals surface area contributed by atoms with Crippen LogP contribution in [0.3, 0.4) is 0 Å². The van der Waals surface area contributed by atoms with Gasteiger partial charge in [0.2, 0.25) is 5.91 Å². The van der Waals surface area contributed by atoms with Crippen molar-refractivity contribution in [3.8, 4) is 0 Å². The number of hydrogen-bond donors (Lipinski definition) is 0. The molecule has 0 unspecified atom stereocenters. The molecular formula is C29H36F3N5O2. The molecule has 2 aliphatic heterocycles. The summed E-state index contributed by atoms with van der Waals surface area (Å²) in [5.74, 6) is -0.0724. The molecule has 3 heterocycles. The molecule has 7 nitrogen and oxygen atoms in total. The molecule has 3 fully saturated rings. The van der Waals surface area contributed by atoms with Gasteiger partial charge in [-0.2, -0.15) is 13.2 Å². The SMILES string of the molecule is Cc1cc(C(F)(F)F)ncc1N1CC2(CCC(c3ccccc3)(N(C)C)CC2)N(CC(=O)N2CCCC2)C1=O. The Labute approximate surface area is 227 Å². The number of urea groups is 1. The van der Waals surface area contributed by atoms with Gasteiger partial charge in [0.15, 0.2) is 0 Å². The Kier molecular flexibility index (Phi) is 7.11. The van der Waals surface area contributed by atoms with Crippen LogP contribution in [0.5, 0.6) is 0 Å². The molecular weight excluding hydrogens is 507 g/mol. The smallest absolute Gasteiger partial charge is 0.341 e. The van der Waals surface area contributed by atoms with Gasteiger partial charge in [-0.3, -0.25) is 14.6 Å². The first-order valence-electron chi connectivity index (χ1n) is 13.6. The minimum absolute atomic E-state index is 0.0251. The summed E-state index contributed by atoms with van der Waals surface area (Å²) in [7, 11) is 4.14. The summed E-state index contributed by atoms with van der Waals surface area (Å²) in [6.07, 6.45) is 1.39. The largest absolute Gasteiger partial charge is 0.433 e. The number of aryl methyl sites for hydroxylation is 1. The third-order valence-electron chi connectivity index (χ3n) is 9.08.